The lowest BCUT2D eigenvalue weighted by Gasteiger charge is -2.27. The van der Waals surface area contributed by atoms with Crippen LogP contribution in [0.4, 0.5) is 4.39 Å². The zero-order chi connectivity index (χ0) is 21.3. The molecule has 0 radical (unpaired) electrons. The minimum absolute atomic E-state index is 0.113. The summed E-state index contributed by atoms with van der Waals surface area (Å²) in [5.74, 6) is 0.154. The number of nitrogens with zero attached hydrogens (tertiary/aromatic N) is 2. The SMILES string of the molecule is CC(C)COC[C@@H](O)CN(Cc1cccc(F)c1)C[C@H]1CC(c2ccccc2)=NO1. The summed E-state index contributed by atoms with van der Waals surface area (Å²) in [5, 5.41) is 14.7. The molecule has 0 unspecified atom stereocenters. The minimum atomic E-state index is -0.631. The van der Waals surface area contributed by atoms with Gasteiger partial charge in [-0.25, -0.2) is 4.39 Å². The molecule has 5 nitrogen and oxygen atoms in total. The normalized spacial score (nSPS) is 17.3. The van der Waals surface area contributed by atoms with E-state index in [0.29, 0.717) is 38.6 Å². The molecule has 0 aromatic heterocycles. The summed E-state index contributed by atoms with van der Waals surface area (Å²) in [6, 6.07) is 16.5. The molecule has 2 aromatic carbocycles. The smallest absolute Gasteiger partial charge is 0.145 e. The number of benzene rings is 2. The first-order chi connectivity index (χ1) is 14.5. The first kappa shape index (κ1) is 22.4. The maximum absolute atomic E-state index is 13.6. The Balaban J connectivity index is 1.59. The summed E-state index contributed by atoms with van der Waals surface area (Å²) in [7, 11) is 0. The fraction of sp³-hybridized carbons (Fsp3) is 0.458. The number of hydrogen-bond acceptors (Lipinski definition) is 5. The highest BCUT2D eigenvalue weighted by Gasteiger charge is 2.25. The highest BCUT2D eigenvalue weighted by molar-refractivity contribution is 6.01. The standard InChI is InChI=1S/C24H31FN2O3/c1-18(2)16-29-17-22(28)14-27(13-19-7-6-10-21(25)11-19)15-23-12-24(26-30-23)20-8-4-3-5-9-20/h3-11,18,22-23,28H,12-17H2,1-2H3/t22-,23+/m0/s1. The lowest BCUT2D eigenvalue weighted by atomic mass is 10.0. The van der Waals surface area contributed by atoms with Crippen LogP contribution in [0.25, 0.3) is 0 Å². The molecule has 0 saturated carbocycles. The van der Waals surface area contributed by atoms with Crippen molar-refractivity contribution in [2.45, 2.75) is 39.0 Å². The van der Waals surface area contributed by atoms with E-state index in [9.17, 15) is 9.50 Å². The third-order valence-corrected chi connectivity index (χ3v) is 4.83. The fourth-order valence-corrected chi connectivity index (χ4v) is 3.50. The van der Waals surface area contributed by atoms with E-state index in [-0.39, 0.29) is 18.5 Å². The van der Waals surface area contributed by atoms with Crippen molar-refractivity contribution in [1.29, 1.82) is 0 Å². The maximum atomic E-state index is 13.6. The molecule has 1 aliphatic heterocycles. The van der Waals surface area contributed by atoms with Crippen LogP contribution in [-0.2, 0) is 16.1 Å². The number of rotatable bonds is 11. The summed E-state index contributed by atoms with van der Waals surface area (Å²) >= 11 is 0. The van der Waals surface area contributed by atoms with Gasteiger partial charge in [0.1, 0.15) is 11.9 Å². The van der Waals surface area contributed by atoms with Crippen molar-refractivity contribution in [3.63, 3.8) is 0 Å². The summed E-state index contributed by atoms with van der Waals surface area (Å²) < 4.78 is 19.2. The van der Waals surface area contributed by atoms with Gasteiger partial charge in [0.05, 0.1) is 18.4 Å². The van der Waals surface area contributed by atoms with Crippen LogP contribution in [-0.4, -0.2) is 54.2 Å². The van der Waals surface area contributed by atoms with E-state index < -0.39 is 6.10 Å². The second-order valence-corrected chi connectivity index (χ2v) is 8.24. The van der Waals surface area contributed by atoms with E-state index in [4.69, 9.17) is 9.57 Å². The lowest BCUT2D eigenvalue weighted by molar-refractivity contribution is -0.00735. The summed E-state index contributed by atoms with van der Waals surface area (Å²) in [5.41, 5.74) is 2.83. The Bertz CT molecular complexity index is 813. The molecule has 0 fully saturated rings. The van der Waals surface area contributed by atoms with Crippen LogP contribution in [0, 0.1) is 11.7 Å². The fourth-order valence-electron chi connectivity index (χ4n) is 3.50. The molecule has 30 heavy (non-hydrogen) atoms. The van der Waals surface area contributed by atoms with Gasteiger partial charge in [0.2, 0.25) is 0 Å². The van der Waals surface area contributed by atoms with Crippen molar-refractivity contribution >= 4 is 5.71 Å². The average molecular weight is 415 g/mol. The molecule has 3 rings (SSSR count). The van der Waals surface area contributed by atoms with Gasteiger partial charge in [-0.1, -0.05) is 61.5 Å². The number of hydrogen-bond donors (Lipinski definition) is 1. The molecule has 0 amide bonds. The zero-order valence-electron chi connectivity index (χ0n) is 17.7. The third-order valence-electron chi connectivity index (χ3n) is 4.83. The zero-order valence-corrected chi connectivity index (χ0v) is 17.7. The van der Waals surface area contributed by atoms with Gasteiger partial charge >= 0.3 is 0 Å². The molecule has 0 aliphatic carbocycles. The molecule has 0 bridgehead atoms. The highest BCUT2D eigenvalue weighted by Crippen LogP contribution is 2.19. The van der Waals surface area contributed by atoms with Crippen molar-refractivity contribution < 1.29 is 19.1 Å². The van der Waals surface area contributed by atoms with Crippen molar-refractivity contribution in [3.05, 3.63) is 71.5 Å². The van der Waals surface area contributed by atoms with Crippen LogP contribution >= 0.6 is 0 Å². The van der Waals surface area contributed by atoms with Crippen molar-refractivity contribution in [2.75, 3.05) is 26.3 Å². The Labute approximate surface area is 178 Å². The van der Waals surface area contributed by atoms with Gasteiger partial charge in [0.25, 0.3) is 0 Å². The van der Waals surface area contributed by atoms with Crippen LogP contribution in [0.5, 0.6) is 0 Å². The first-order valence-corrected chi connectivity index (χ1v) is 10.5. The van der Waals surface area contributed by atoms with Gasteiger partial charge < -0.3 is 14.7 Å². The van der Waals surface area contributed by atoms with Crippen molar-refractivity contribution in [3.8, 4) is 0 Å². The predicted octanol–water partition coefficient (Wildman–Crippen LogP) is 3.85. The van der Waals surface area contributed by atoms with Gasteiger partial charge in [-0.15, -0.1) is 0 Å². The van der Waals surface area contributed by atoms with Crippen molar-refractivity contribution in [1.82, 2.24) is 4.90 Å². The lowest BCUT2D eigenvalue weighted by Crippen LogP contribution is -2.39. The minimum Gasteiger partial charge on any atom is -0.390 e. The Kier molecular flexibility index (Phi) is 8.37. The molecule has 2 aromatic rings. The van der Waals surface area contributed by atoms with Gasteiger partial charge in [0.15, 0.2) is 0 Å². The monoisotopic (exact) mass is 414 g/mol. The second kappa shape index (κ2) is 11.2. The van der Waals surface area contributed by atoms with Gasteiger partial charge in [0, 0.05) is 32.7 Å². The van der Waals surface area contributed by atoms with E-state index >= 15 is 0 Å². The number of halogens is 1. The largest absolute Gasteiger partial charge is 0.390 e. The number of aliphatic hydroxyl groups excluding tert-OH is 1. The topological polar surface area (TPSA) is 54.3 Å². The number of oxime groups is 1. The van der Waals surface area contributed by atoms with Gasteiger partial charge in [-0.2, -0.15) is 0 Å². The summed E-state index contributed by atoms with van der Waals surface area (Å²) in [6.45, 7) is 6.54. The molecule has 162 valence electrons. The van der Waals surface area contributed by atoms with E-state index in [2.05, 4.69) is 23.9 Å². The summed E-state index contributed by atoms with van der Waals surface area (Å²) in [6.07, 6.45) is -0.0466. The molecule has 2 atom stereocenters. The Morgan fingerprint density at radius 1 is 1.17 bits per heavy atom. The van der Waals surface area contributed by atoms with Crippen LogP contribution in [0.2, 0.25) is 0 Å². The van der Waals surface area contributed by atoms with Crippen LogP contribution < -0.4 is 0 Å². The van der Waals surface area contributed by atoms with E-state index in [0.717, 1.165) is 16.8 Å². The second-order valence-electron chi connectivity index (χ2n) is 8.24. The van der Waals surface area contributed by atoms with Gasteiger partial charge in [-0.3, -0.25) is 4.90 Å². The number of aliphatic hydroxyl groups is 1. The molecule has 0 saturated heterocycles. The first-order valence-electron chi connectivity index (χ1n) is 10.5. The molecular formula is C24H31FN2O3. The van der Waals surface area contributed by atoms with E-state index in [1.165, 1.54) is 12.1 Å². The Morgan fingerprint density at radius 2 is 1.97 bits per heavy atom. The highest BCUT2D eigenvalue weighted by atomic mass is 19.1. The van der Waals surface area contributed by atoms with Crippen LogP contribution in [0.1, 0.15) is 31.4 Å². The summed E-state index contributed by atoms with van der Waals surface area (Å²) in [4.78, 5) is 7.74. The average Bonchev–Trinajstić information content (AvgIpc) is 3.17. The molecular weight excluding hydrogens is 383 g/mol. The van der Waals surface area contributed by atoms with Crippen LogP contribution in [0.15, 0.2) is 59.8 Å². The quantitative estimate of drug-likeness (QED) is 0.607. The van der Waals surface area contributed by atoms with E-state index in [1.807, 2.05) is 36.4 Å². The number of ether oxygens (including phenoxy) is 1. The van der Waals surface area contributed by atoms with Crippen molar-refractivity contribution in [2.24, 2.45) is 11.1 Å². The Morgan fingerprint density at radius 3 is 2.70 bits per heavy atom. The Hall–Kier alpha value is -2.28. The third kappa shape index (κ3) is 7.20. The van der Waals surface area contributed by atoms with E-state index in [1.54, 1.807) is 6.07 Å². The molecule has 0 spiro atoms. The molecule has 6 heteroatoms. The molecule has 1 N–H and O–H groups in total. The van der Waals surface area contributed by atoms with Gasteiger partial charge in [-0.05, 0) is 29.2 Å². The maximum Gasteiger partial charge on any atom is 0.145 e. The molecule has 1 aliphatic rings. The van der Waals surface area contributed by atoms with Crippen LogP contribution in [0.3, 0.4) is 0 Å². The predicted molar refractivity (Wildman–Crippen MR) is 116 cm³/mol. The molecule has 1 heterocycles.